The van der Waals surface area contributed by atoms with Crippen LogP contribution in [-0.2, 0) is 6.54 Å². The fourth-order valence-corrected chi connectivity index (χ4v) is 1.08. The molecule has 14 heavy (non-hydrogen) atoms. The average Bonchev–Trinajstić information content (AvgIpc) is 2.28. The van der Waals surface area contributed by atoms with Gasteiger partial charge in [0.25, 0.3) is 6.43 Å². The van der Waals surface area contributed by atoms with Crippen molar-refractivity contribution in [2.45, 2.75) is 39.8 Å². The molecule has 0 amide bonds. The first-order valence-corrected chi connectivity index (χ1v) is 4.48. The molecule has 0 unspecified atom stereocenters. The molecule has 0 aliphatic rings. The van der Waals surface area contributed by atoms with Gasteiger partial charge in [0.1, 0.15) is 6.54 Å². The van der Waals surface area contributed by atoms with Crippen molar-refractivity contribution in [2.75, 3.05) is 0 Å². The third-order valence-electron chi connectivity index (χ3n) is 1.57. The SMILES string of the molecule is Cc1cn(CC(F)F)nc1OC(C)C. The van der Waals surface area contributed by atoms with Crippen molar-refractivity contribution in [3.05, 3.63) is 11.8 Å². The van der Waals surface area contributed by atoms with Crippen molar-refractivity contribution >= 4 is 0 Å². The minimum atomic E-state index is -2.39. The van der Waals surface area contributed by atoms with Crippen molar-refractivity contribution in [3.63, 3.8) is 0 Å². The van der Waals surface area contributed by atoms with E-state index in [0.717, 1.165) is 5.56 Å². The molecule has 0 saturated heterocycles. The van der Waals surface area contributed by atoms with Crippen LogP contribution in [-0.4, -0.2) is 22.3 Å². The number of aryl methyl sites for hydroxylation is 1. The second-order valence-electron chi connectivity index (χ2n) is 3.40. The molecule has 0 atom stereocenters. The Morgan fingerprint density at radius 2 is 2.14 bits per heavy atom. The van der Waals surface area contributed by atoms with Crippen LogP contribution in [0.2, 0.25) is 0 Å². The van der Waals surface area contributed by atoms with Gasteiger partial charge in [0.05, 0.1) is 6.10 Å². The highest BCUT2D eigenvalue weighted by Crippen LogP contribution is 2.16. The Bertz CT molecular complexity index is 297. The molecule has 80 valence electrons. The minimum Gasteiger partial charge on any atom is -0.474 e. The summed E-state index contributed by atoms with van der Waals surface area (Å²) in [4.78, 5) is 0. The predicted molar refractivity (Wildman–Crippen MR) is 48.7 cm³/mol. The van der Waals surface area contributed by atoms with Gasteiger partial charge in [-0.2, -0.15) is 0 Å². The van der Waals surface area contributed by atoms with E-state index in [9.17, 15) is 8.78 Å². The quantitative estimate of drug-likeness (QED) is 0.752. The van der Waals surface area contributed by atoms with Gasteiger partial charge in [0.15, 0.2) is 0 Å². The zero-order valence-electron chi connectivity index (χ0n) is 8.50. The van der Waals surface area contributed by atoms with E-state index in [4.69, 9.17) is 4.74 Å². The van der Waals surface area contributed by atoms with Crippen LogP contribution in [0, 0.1) is 6.92 Å². The summed E-state index contributed by atoms with van der Waals surface area (Å²) in [6, 6.07) is 0. The standard InChI is InChI=1S/C9H14F2N2O/c1-6(2)14-9-7(3)4-13(12-9)5-8(10)11/h4,6,8H,5H2,1-3H3. The minimum absolute atomic E-state index is 0.00333. The first-order chi connectivity index (χ1) is 6.49. The fraction of sp³-hybridized carbons (Fsp3) is 0.667. The van der Waals surface area contributed by atoms with Crippen LogP contribution in [0.1, 0.15) is 19.4 Å². The van der Waals surface area contributed by atoms with E-state index in [2.05, 4.69) is 5.10 Å². The average molecular weight is 204 g/mol. The number of rotatable bonds is 4. The summed E-state index contributed by atoms with van der Waals surface area (Å²) in [5.41, 5.74) is 0.777. The molecule has 1 heterocycles. The van der Waals surface area contributed by atoms with E-state index in [1.54, 1.807) is 13.1 Å². The summed E-state index contributed by atoms with van der Waals surface area (Å²) in [5.74, 6) is 0.431. The van der Waals surface area contributed by atoms with Gasteiger partial charge in [0.2, 0.25) is 5.88 Å². The molecular weight excluding hydrogens is 190 g/mol. The lowest BCUT2D eigenvalue weighted by Crippen LogP contribution is -2.09. The van der Waals surface area contributed by atoms with Crippen molar-refractivity contribution in [1.29, 1.82) is 0 Å². The summed E-state index contributed by atoms with van der Waals surface area (Å²) >= 11 is 0. The molecule has 1 aromatic heterocycles. The van der Waals surface area contributed by atoms with E-state index in [1.807, 2.05) is 13.8 Å². The van der Waals surface area contributed by atoms with Crippen molar-refractivity contribution in [1.82, 2.24) is 9.78 Å². The van der Waals surface area contributed by atoms with Crippen LogP contribution in [0.3, 0.4) is 0 Å². The molecule has 1 aromatic rings. The molecular formula is C9H14F2N2O. The lowest BCUT2D eigenvalue weighted by atomic mass is 10.4. The Morgan fingerprint density at radius 3 is 2.64 bits per heavy atom. The van der Waals surface area contributed by atoms with E-state index in [0.29, 0.717) is 5.88 Å². The number of alkyl halides is 2. The van der Waals surface area contributed by atoms with Gasteiger partial charge >= 0.3 is 0 Å². The molecule has 0 aliphatic carbocycles. The van der Waals surface area contributed by atoms with Crippen LogP contribution in [0.4, 0.5) is 8.78 Å². The first kappa shape index (κ1) is 10.9. The highest BCUT2D eigenvalue weighted by atomic mass is 19.3. The highest BCUT2D eigenvalue weighted by molar-refractivity contribution is 5.21. The normalized spacial score (nSPS) is 11.4. The zero-order valence-corrected chi connectivity index (χ0v) is 8.50. The maximum Gasteiger partial charge on any atom is 0.257 e. The fourth-order valence-electron chi connectivity index (χ4n) is 1.08. The summed E-state index contributed by atoms with van der Waals surface area (Å²) < 4.78 is 30.6. The highest BCUT2D eigenvalue weighted by Gasteiger charge is 2.10. The molecule has 1 rings (SSSR count). The Morgan fingerprint density at radius 1 is 1.50 bits per heavy atom. The molecule has 0 N–H and O–H groups in total. The van der Waals surface area contributed by atoms with E-state index >= 15 is 0 Å². The van der Waals surface area contributed by atoms with Crippen LogP contribution >= 0.6 is 0 Å². The molecule has 5 heteroatoms. The Labute approximate surface area is 81.7 Å². The monoisotopic (exact) mass is 204 g/mol. The third-order valence-corrected chi connectivity index (χ3v) is 1.57. The van der Waals surface area contributed by atoms with E-state index in [1.165, 1.54) is 4.68 Å². The van der Waals surface area contributed by atoms with Crippen molar-refractivity contribution in [3.8, 4) is 5.88 Å². The van der Waals surface area contributed by atoms with Gasteiger partial charge in [-0.25, -0.2) is 8.78 Å². The number of ether oxygens (including phenoxy) is 1. The van der Waals surface area contributed by atoms with Crippen molar-refractivity contribution < 1.29 is 13.5 Å². The van der Waals surface area contributed by atoms with Crippen LogP contribution in [0.25, 0.3) is 0 Å². The van der Waals surface area contributed by atoms with Gasteiger partial charge in [0, 0.05) is 11.8 Å². The van der Waals surface area contributed by atoms with Gasteiger partial charge < -0.3 is 4.74 Å². The molecule has 3 nitrogen and oxygen atoms in total. The summed E-state index contributed by atoms with van der Waals surface area (Å²) in [5, 5.41) is 3.90. The molecule has 0 bridgehead atoms. The van der Waals surface area contributed by atoms with Gasteiger partial charge in [-0.15, -0.1) is 5.10 Å². The molecule has 0 aliphatic heterocycles. The number of hydrogen-bond donors (Lipinski definition) is 0. The molecule has 0 radical (unpaired) electrons. The number of halogens is 2. The Balaban J connectivity index is 2.72. The molecule has 0 spiro atoms. The van der Waals surface area contributed by atoms with Crippen LogP contribution in [0.15, 0.2) is 6.20 Å². The number of aromatic nitrogens is 2. The van der Waals surface area contributed by atoms with Gasteiger partial charge in [-0.3, -0.25) is 4.68 Å². The lowest BCUT2D eigenvalue weighted by molar-refractivity contribution is 0.120. The van der Waals surface area contributed by atoms with Gasteiger partial charge in [-0.1, -0.05) is 0 Å². The summed E-state index contributed by atoms with van der Waals surface area (Å²) in [6.07, 6.45) is -0.825. The number of hydrogen-bond acceptors (Lipinski definition) is 2. The Hall–Kier alpha value is -1.13. The maximum atomic E-state index is 12.0. The third kappa shape index (κ3) is 2.97. The molecule has 0 saturated carbocycles. The largest absolute Gasteiger partial charge is 0.474 e. The number of nitrogens with zero attached hydrogens (tertiary/aromatic N) is 2. The van der Waals surface area contributed by atoms with Crippen LogP contribution in [0.5, 0.6) is 5.88 Å². The second-order valence-corrected chi connectivity index (χ2v) is 3.40. The lowest BCUT2D eigenvalue weighted by Gasteiger charge is -2.06. The van der Waals surface area contributed by atoms with E-state index in [-0.39, 0.29) is 12.6 Å². The van der Waals surface area contributed by atoms with Crippen molar-refractivity contribution in [2.24, 2.45) is 0 Å². The Kier molecular flexibility index (Phi) is 3.43. The summed E-state index contributed by atoms with van der Waals surface area (Å²) in [7, 11) is 0. The van der Waals surface area contributed by atoms with E-state index < -0.39 is 6.43 Å². The zero-order chi connectivity index (χ0) is 10.7. The first-order valence-electron chi connectivity index (χ1n) is 4.48. The summed E-state index contributed by atoms with van der Waals surface area (Å²) in [6.45, 7) is 5.13. The van der Waals surface area contributed by atoms with Crippen LogP contribution < -0.4 is 4.74 Å². The maximum absolute atomic E-state index is 12.0. The smallest absolute Gasteiger partial charge is 0.257 e. The molecule has 0 aromatic carbocycles. The second kappa shape index (κ2) is 4.39. The topological polar surface area (TPSA) is 27.1 Å². The van der Waals surface area contributed by atoms with Gasteiger partial charge in [-0.05, 0) is 20.8 Å². The predicted octanol–water partition coefficient (Wildman–Crippen LogP) is 2.24. The molecule has 0 fully saturated rings.